The molecule has 0 unspecified atom stereocenters. The van der Waals surface area contributed by atoms with Crippen molar-refractivity contribution in [3.05, 3.63) is 170 Å². The van der Waals surface area contributed by atoms with Crippen molar-refractivity contribution in [1.82, 2.24) is 29.9 Å². The zero-order valence-corrected chi connectivity index (χ0v) is 29.3. The number of benzene rings is 6. The summed E-state index contributed by atoms with van der Waals surface area (Å²) >= 11 is 0. The van der Waals surface area contributed by atoms with Crippen LogP contribution in [0.25, 0.3) is 111 Å². The Hall–Kier alpha value is -7.64. The fraction of sp³-hybridized carbons (Fsp3) is 0. The number of furan rings is 1. The number of aromatic nitrogens is 6. The maximum absolute atomic E-state index is 6.26. The van der Waals surface area contributed by atoms with Crippen molar-refractivity contribution < 1.29 is 4.42 Å². The van der Waals surface area contributed by atoms with E-state index in [1.54, 1.807) is 6.20 Å². The van der Waals surface area contributed by atoms with Gasteiger partial charge in [0, 0.05) is 60.9 Å². The number of rotatable bonds is 5. The monoisotopic (exact) mass is 704 g/mol. The molecule has 5 aromatic heterocycles. The number of nitrogens with zero attached hydrogens (tertiary/aromatic N) is 6. The molecular formula is C48H28N6O. The van der Waals surface area contributed by atoms with Crippen LogP contribution in [0.4, 0.5) is 0 Å². The van der Waals surface area contributed by atoms with Gasteiger partial charge in [-0.25, -0.2) is 24.9 Å². The molecule has 11 aromatic rings. The Morgan fingerprint density at radius 1 is 0.364 bits per heavy atom. The molecule has 0 amide bonds. The molecule has 55 heavy (non-hydrogen) atoms. The first-order valence-corrected chi connectivity index (χ1v) is 18.1. The van der Waals surface area contributed by atoms with E-state index in [2.05, 4.69) is 78.9 Å². The van der Waals surface area contributed by atoms with Gasteiger partial charge in [-0.05, 0) is 42.5 Å². The molecule has 0 aliphatic rings. The quantitative estimate of drug-likeness (QED) is 0.165. The van der Waals surface area contributed by atoms with Crippen LogP contribution < -0.4 is 0 Å². The molecule has 11 rings (SSSR count). The Balaban J connectivity index is 1.09. The summed E-state index contributed by atoms with van der Waals surface area (Å²) in [5, 5.41) is 5.04. The van der Waals surface area contributed by atoms with Gasteiger partial charge in [0.2, 0.25) is 0 Å². The Bertz CT molecular complexity index is 3280. The zero-order valence-electron chi connectivity index (χ0n) is 29.3. The highest BCUT2D eigenvalue weighted by Gasteiger charge is 2.19. The lowest BCUT2D eigenvalue weighted by atomic mass is 10.0. The molecule has 6 aromatic carbocycles. The lowest BCUT2D eigenvalue weighted by Gasteiger charge is -2.11. The van der Waals surface area contributed by atoms with Gasteiger partial charge in [-0.15, -0.1) is 0 Å². The number of hydrogen-bond acceptors (Lipinski definition) is 7. The van der Waals surface area contributed by atoms with Gasteiger partial charge in [0.25, 0.3) is 0 Å². The van der Waals surface area contributed by atoms with Gasteiger partial charge in [-0.3, -0.25) is 4.98 Å². The summed E-state index contributed by atoms with van der Waals surface area (Å²) in [6.07, 6.45) is 1.80. The minimum Gasteiger partial charge on any atom is -0.456 e. The molecule has 7 nitrogen and oxygen atoms in total. The largest absolute Gasteiger partial charge is 0.456 e. The van der Waals surface area contributed by atoms with Crippen LogP contribution in [0, 0.1) is 0 Å². The molecule has 0 saturated heterocycles. The second-order valence-electron chi connectivity index (χ2n) is 13.5. The van der Waals surface area contributed by atoms with Crippen molar-refractivity contribution in [3.8, 4) is 56.7 Å². The fourth-order valence-corrected chi connectivity index (χ4v) is 7.51. The normalized spacial score (nSPS) is 11.6. The van der Waals surface area contributed by atoms with Gasteiger partial charge in [0.1, 0.15) is 11.2 Å². The Kier molecular flexibility index (Phi) is 7.03. The van der Waals surface area contributed by atoms with Gasteiger partial charge in [-0.1, -0.05) is 121 Å². The highest BCUT2D eigenvalue weighted by atomic mass is 16.3. The molecule has 0 atom stereocenters. The topological polar surface area (TPSA) is 90.5 Å². The van der Waals surface area contributed by atoms with E-state index in [0.717, 1.165) is 93.9 Å². The van der Waals surface area contributed by atoms with E-state index < -0.39 is 0 Å². The molecule has 7 heteroatoms. The van der Waals surface area contributed by atoms with Crippen molar-refractivity contribution in [2.45, 2.75) is 0 Å². The second kappa shape index (κ2) is 12.5. The van der Waals surface area contributed by atoms with Crippen LogP contribution in [0.1, 0.15) is 0 Å². The van der Waals surface area contributed by atoms with Crippen LogP contribution in [-0.2, 0) is 0 Å². The van der Waals surface area contributed by atoms with Crippen LogP contribution in [0.3, 0.4) is 0 Å². The van der Waals surface area contributed by atoms with Gasteiger partial charge >= 0.3 is 0 Å². The third-order valence-corrected chi connectivity index (χ3v) is 10.2. The third-order valence-electron chi connectivity index (χ3n) is 10.2. The van der Waals surface area contributed by atoms with E-state index in [1.807, 2.05) is 84.9 Å². The molecule has 256 valence electrons. The first-order valence-electron chi connectivity index (χ1n) is 18.1. The number of hydrogen-bond donors (Lipinski definition) is 0. The number of fused-ring (bicyclic) bond motifs is 7. The predicted molar refractivity (Wildman–Crippen MR) is 220 cm³/mol. The van der Waals surface area contributed by atoms with Gasteiger partial charge in [0.15, 0.2) is 17.5 Å². The summed E-state index contributed by atoms with van der Waals surface area (Å²) in [7, 11) is 0. The maximum atomic E-state index is 6.26. The molecule has 0 spiro atoms. The smallest absolute Gasteiger partial charge is 0.166 e. The van der Waals surface area contributed by atoms with E-state index in [1.165, 1.54) is 0 Å². The van der Waals surface area contributed by atoms with Crippen molar-refractivity contribution in [2.24, 2.45) is 0 Å². The molecule has 0 saturated carbocycles. The zero-order chi connectivity index (χ0) is 36.3. The van der Waals surface area contributed by atoms with Crippen molar-refractivity contribution in [1.29, 1.82) is 0 Å². The van der Waals surface area contributed by atoms with Crippen molar-refractivity contribution in [2.75, 3.05) is 0 Å². The summed E-state index contributed by atoms with van der Waals surface area (Å²) in [6.45, 7) is 0. The van der Waals surface area contributed by atoms with Crippen LogP contribution in [-0.4, -0.2) is 29.9 Å². The molecule has 0 fully saturated rings. The molecule has 0 aliphatic carbocycles. The lowest BCUT2D eigenvalue weighted by Crippen LogP contribution is -2.01. The highest BCUT2D eigenvalue weighted by Crippen LogP contribution is 2.37. The van der Waals surface area contributed by atoms with E-state index in [0.29, 0.717) is 17.5 Å². The van der Waals surface area contributed by atoms with Gasteiger partial charge in [0.05, 0.1) is 27.9 Å². The SMILES string of the molecule is c1ccc(-c2ccc3ccc4ccc(-c5cccc(-c6nc(-c7cccc8cccnc78)nc(-c7cccc8oc9ccccc9c78)n6)c5)nc4c3n2)cc1. The molecular weight excluding hydrogens is 677 g/mol. The minimum absolute atomic E-state index is 0.537. The van der Waals surface area contributed by atoms with Crippen molar-refractivity contribution >= 4 is 54.6 Å². The van der Waals surface area contributed by atoms with E-state index in [4.69, 9.17) is 34.3 Å². The Morgan fingerprint density at radius 3 is 1.78 bits per heavy atom. The Morgan fingerprint density at radius 2 is 0.945 bits per heavy atom. The first kappa shape index (κ1) is 30.9. The summed E-state index contributed by atoms with van der Waals surface area (Å²) in [5.74, 6) is 1.63. The van der Waals surface area contributed by atoms with Crippen LogP contribution in [0.2, 0.25) is 0 Å². The standard InChI is InChI=1S/C48H28N6O/c1-2-10-29(11-3-1)38-25-23-31-21-22-32-24-26-39(51-45(32)44(31)50-38)33-13-6-14-34(28-33)46-52-47(36-17-8-20-41-42(36)35-16-4-5-19-40(35)55-41)54-48(53-46)37-18-7-12-30-15-9-27-49-43(30)37/h1-28H. The van der Waals surface area contributed by atoms with E-state index in [-0.39, 0.29) is 0 Å². The molecule has 0 radical (unpaired) electrons. The maximum Gasteiger partial charge on any atom is 0.166 e. The van der Waals surface area contributed by atoms with Crippen LogP contribution >= 0.6 is 0 Å². The lowest BCUT2D eigenvalue weighted by molar-refractivity contribution is 0.669. The van der Waals surface area contributed by atoms with Gasteiger partial charge < -0.3 is 4.42 Å². The van der Waals surface area contributed by atoms with Crippen molar-refractivity contribution in [3.63, 3.8) is 0 Å². The van der Waals surface area contributed by atoms with E-state index in [9.17, 15) is 0 Å². The van der Waals surface area contributed by atoms with Gasteiger partial charge in [-0.2, -0.15) is 0 Å². The van der Waals surface area contributed by atoms with Crippen LogP contribution in [0.15, 0.2) is 174 Å². The number of para-hydroxylation sites is 2. The average molecular weight is 705 g/mol. The minimum atomic E-state index is 0.537. The molecule has 5 heterocycles. The molecule has 0 bridgehead atoms. The molecule has 0 aliphatic heterocycles. The third kappa shape index (κ3) is 5.29. The number of pyridine rings is 3. The first-order chi connectivity index (χ1) is 27.2. The van der Waals surface area contributed by atoms with Crippen LogP contribution in [0.5, 0.6) is 0 Å². The second-order valence-corrected chi connectivity index (χ2v) is 13.5. The average Bonchev–Trinajstić information content (AvgIpc) is 3.65. The summed E-state index contributed by atoms with van der Waals surface area (Å²) in [6, 6.07) is 55.2. The fourth-order valence-electron chi connectivity index (χ4n) is 7.51. The highest BCUT2D eigenvalue weighted by molar-refractivity contribution is 6.12. The van der Waals surface area contributed by atoms with E-state index >= 15 is 0 Å². The molecule has 0 N–H and O–H groups in total. The predicted octanol–water partition coefficient (Wildman–Crippen LogP) is 11.8. The summed E-state index contributed by atoms with van der Waals surface area (Å²) in [4.78, 5) is 30.5. The summed E-state index contributed by atoms with van der Waals surface area (Å²) in [5.41, 5.74) is 10.4. The Labute approximate surface area is 314 Å². The summed E-state index contributed by atoms with van der Waals surface area (Å²) < 4.78 is 6.26.